The van der Waals surface area contributed by atoms with Crippen molar-refractivity contribution in [3.63, 3.8) is 0 Å². The molecule has 2 aromatic rings. The first kappa shape index (κ1) is 22.6. The van der Waals surface area contributed by atoms with Crippen LogP contribution in [0.5, 0.6) is 0 Å². The number of hydrogen-bond donors (Lipinski definition) is 2. The van der Waals surface area contributed by atoms with E-state index in [0.717, 1.165) is 21.2 Å². The smallest absolute Gasteiger partial charge is 0.431 e. The Bertz CT molecular complexity index is 1100. The number of alkyl halides is 3. The number of methoxy groups -OCH3 is 1. The van der Waals surface area contributed by atoms with Crippen LogP contribution in [-0.2, 0) is 17.7 Å². The fraction of sp³-hybridized carbons (Fsp3) is 0.273. The Hall–Kier alpha value is -2.60. The molecular weight excluding hydrogens is 536 g/mol. The molecule has 6 nitrogen and oxygen atoms in total. The van der Waals surface area contributed by atoms with Gasteiger partial charge in [0.1, 0.15) is 5.71 Å². The summed E-state index contributed by atoms with van der Waals surface area (Å²) in [5.74, 6) is -0.789. The Balaban J connectivity index is 1.82. The Morgan fingerprint density at radius 3 is 2.69 bits per heavy atom. The number of ether oxygens (including phenoxy) is 1. The van der Waals surface area contributed by atoms with Gasteiger partial charge in [0.15, 0.2) is 5.82 Å². The molecule has 0 aliphatic carbocycles. The van der Waals surface area contributed by atoms with E-state index in [1.807, 2.05) is 12.1 Å². The van der Waals surface area contributed by atoms with E-state index < -0.39 is 24.3 Å². The van der Waals surface area contributed by atoms with Crippen LogP contribution in [0.3, 0.4) is 0 Å². The van der Waals surface area contributed by atoms with Crippen LogP contribution in [0, 0.1) is 3.57 Å². The van der Waals surface area contributed by atoms with Gasteiger partial charge in [-0.25, -0.2) is 4.99 Å². The summed E-state index contributed by atoms with van der Waals surface area (Å²) in [6.45, 7) is 0.840. The van der Waals surface area contributed by atoms with E-state index in [2.05, 4.69) is 38.2 Å². The summed E-state index contributed by atoms with van der Waals surface area (Å²) in [5.41, 5.74) is 1.89. The number of nitrogens with one attached hydrogen (secondary N) is 2. The van der Waals surface area contributed by atoms with E-state index >= 15 is 0 Å². The van der Waals surface area contributed by atoms with Crippen LogP contribution < -0.4 is 15.5 Å². The molecule has 2 aromatic carbocycles. The van der Waals surface area contributed by atoms with E-state index in [1.54, 1.807) is 30.3 Å². The second-order valence-electron chi connectivity index (χ2n) is 7.31. The molecule has 2 aliphatic rings. The molecule has 0 fully saturated rings. The lowest BCUT2D eigenvalue weighted by molar-refractivity contribution is -0.0600. The lowest BCUT2D eigenvalue weighted by Crippen LogP contribution is -2.44. The van der Waals surface area contributed by atoms with Crippen LogP contribution in [0.4, 0.5) is 18.9 Å². The van der Waals surface area contributed by atoms with Gasteiger partial charge in [-0.05, 0) is 70.9 Å². The molecule has 2 heterocycles. The highest BCUT2D eigenvalue weighted by molar-refractivity contribution is 14.1. The van der Waals surface area contributed by atoms with Gasteiger partial charge in [0, 0.05) is 21.4 Å². The highest BCUT2D eigenvalue weighted by Gasteiger charge is 2.41. The predicted octanol–water partition coefficient (Wildman–Crippen LogP) is 3.96. The standard InChI is InChI=1S/C22H20F3IN4O2/c1-32-21-19(29-20(31)13-5-3-2-4-6-13)28-18(22(23,24)25)12-30(21)17-10-15(26)9-14-11-27-8-7-16(14)17/h2-6,9-10,27H,7-8,11-12H2,1H3,(H,29,31). The van der Waals surface area contributed by atoms with E-state index in [-0.39, 0.29) is 11.7 Å². The Labute approximate surface area is 196 Å². The average molecular weight is 556 g/mol. The van der Waals surface area contributed by atoms with Crippen molar-refractivity contribution in [1.29, 1.82) is 0 Å². The molecule has 1 amide bonds. The maximum atomic E-state index is 13.8. The number of aliphatic imine (C=N–C) groups is 1. The highest BCUT2D eigenvalue weighted by Crippen LogP contribution is 2.35. The molecule has 10 heteroatoms. The van der Waals surface area contributed by atoms with E-state index in [9.17, 15) is 18.0 Å². The first-order valence-corrected chi connectivity index (χ1v) is 10.9. The molecule has 2 aliphatic heterocycles. The number of amides is 1. The van der Waals surface area contributed by atoms with Gasteiger partial charge in [-0.1, -0.05) is 18.2 Å². The molecule has 168 valence electrons. The third kappa shape index (κ3) is 4.60. The third-order valence-corrected chi connectivity index (χ3v) is 5.86. The molecular formula is C22H20F3IN4O2. The Kier molecular flexibility index (Phi) is 6.42. The molecule has 32 heavy (non-hydrogen) atoms. The molecule has 0 unspecified atom stereocenters. The normalized spacial score (nSPS) is 16.4. The second-order valence-corrected chi connectivity index (χ2v) is 8.56. The second kappa shape index (κ2) is 9.10. The summed E-state index contributed by atoms with van der Waals surface area (Å²) in [7, 11) is 1.35. The molecule has 0 atom stereocenters. The van der Waals surface area contributed by atoms with Gasteiger partial charge < -0.3 is 20.3 Å². The maximum absolute atomic E-state index is 13.8. The summed E-state index contributed by atoms with van der Waals surface area (Å²) < 4.78 is 47.7. The fourth-order valence-electron chi connectivity index (χ4n) is 3.77. The topological polar surface area (TPSA) is 66.0 Å². The number of benzene rings is 2. The molecule has 4 rings (SSSR count). The minimum atomic E-state index is -4.66. The van der Waals surface area contributed by atoms with Crippen LogP contribution in [0.1, 0.15) is 21.5 Å². The molecule has 0 saturated carbocycles. The largest absolute Gasteiger partial charge is 0.480 e. The van der Waals surface area contributed by atoms with Gasteiger partial charge >= 0.3 is 6.18 Å². The fourth-order valence-corrected chi connectivity index (χ4v) is 4.44. The van der Waals surface area contributed by atoms with Crippen LogP contribution >= 0.6 is 22.6 Å². The summed E-state index contributed by atoms with van der Waals surface area (Å²) in [5, 5.41) is 5.79. The summed E-state index contributed by atoms with van der Waals surface area (Å²) >= 11 is 2.15. The van der Waals surface area contributed by atoms with E-state index in [4.69, 9.17) is 4.74 Å². The quantitative estimate of drug-likeness (QED) is 0.560. The zero-order valence-corrected chi connectivity index (χ0v) is 19.3. The SMILES string of the molecule is COC1=C(NC(=O)c2ccccc2)N=C(C(F)(F)F)CN1c1cc(I)cc2c1CCNC2. The zero-order valence-electron chi connectivity index (χ0n) is 17.1. The number of anilines is 1. The number of rotatable bonds is 4. The summed E-state index contributed by atoms with van der Waals surface area (Å²) in [6, 6.07) is 12.1. The molecule has 0 aromatic heterocycles. The molecule has 0 bridgehead atoms. The van der Waals surface area contributed by atoms with Crippen molar-refractivity contribution in [3.05, 3.63) is 74.4 Å². The average Bonchev–Trinajstić information content (AvgIpc) is 2.78. The van der Waals surface area contributed by atoms with E-state index in [1.165, 1.54) is 12.0 Å². The van der Waals surface area contributed by atoms with Gasteiger partial charge in [-0.2, -0.15) is 13.2 Å². The summed E-state index contributed by atoms with van der Waals surface area (Å²) in [4.78, 5) is 17.9. The van der Waals surface area contributed by atoms with Crippen molar-refractivity contribution in [1.82, 2.24) is 10.6 Å². The Morgan fingerprint density at radius 2 is 2.00 bits per heavy atom. The van der Waals surface area contributed by atoms with Crippen LogP contribution in [0.25, 0.3) is 0 Å². The van der Waals surface area contributed by atoms with Gasteiger partial charge in [0.05, 0.1) is 13.7 Å². The molecule has 0 radical (unpaired) electrons. The van der Waals surface area contributed by atoms with E-state index in [0.29, 0.717) is 24.2 Å². The minimum Gasteiger partial charge on any atom is -0.480 e. The van der Waals surface area contributed by atoms with Gasteiger partial charge in [-0.15, -0.1) is 0 Å². The first-order chi connectivity index (χ1) is 15.3. The monoisotopic (exact) mass is 556 g/mol. The number of fused-ring (bicyclic) bond motifs is 1. The van der Waals surface area contributed by atoms with Crippen molar-refractivity contribution < 1.29 is 22.7 Å². The van der Waals surface area contributed by atoms with Gasteiger partial charge in [0.2, 0.25) is 5.88 Å². The van der Waals surface area contributed by atoms with Crippen LogP contribution in [-0.4, -0.2) is 38.0 Å². The van der Waals surface area contributed by atoms with Crippen LogP contribution in [0.15, 0.2) is 59.2 Å². The first-order valence-electron chi connectivity index (χ1n) is 9.87. The third-order valence-electron chi connectivity index (χ3n) is 5.23. The lowest BCUT2D eigenvalue weighted by Gasteiger charge is -2.34. The lowest BCUT2D eigenvalue weighted by atomic mass is 9.98. The maximum Gasteiger partial charge on any atom is 0.431 e. The van der Waals surface area contributed by atoms with Gasteiger partial charge in [0.25, 0.3) is 5.91 Å². The van der Waals surface area contributed by atoms with Crippen molar-refractivity contribution in [2.24, 2.45) is 4.99 Å². The number of carbonyl (C=O) groups excluding carboxylic acids is 1. The van der Waals surface area contributed by atoms with Gasteiger partial charge in [-0.3, -0.25) is 4.79 Å². The molecule has 2 N–H and O–H groups in total. The van der Waals surface area contributed by atoms with Crippen molar-refractivity contribution in [2.75, 3.05) is 25.1 Å². The van der Waals surface area contributed by atoms with Crippen molar-refractivity contribution >= 4 is 39.9 Å². The van der Waals surface area contributed by atoms with Crippen LogP contribution in [0.2, 0.25) is 0 Å². The minimum absolute atomic E-state index is 0.0602. The number of nitrogens with zero attached hydrogens (tertiary/aromatic N) is 2. The summed E-state index contributed by atoms with van der Waals surface area (Å²) in [6.07, 6.45) is -4.00. The number of carbonyl (C=O) groups is 1. The zero-order chi connectivity index (χ0) is 22.9. The highest BCUT2D eigenvalue weighted by atomic mass is 127. The Morgan fingerprint density at radius 1 is 1.25 bits per heavy atom. The number of hydrogen-bond acceptors (Lipinski definition) is 5. The molecule has 0 spiro atoms. The van der Waals surface area contributed by atoms with Crippen molar-refractivity contribution in [3.8, 4) is 0 Å². The predicted molar refractivity (Wildman–Crippen MR) is 123 cm³/mol. The van der Waals surface area contributed by atoms with Crippen molar-refractivity contribution in [2.45, 2.75) is 19.1 Å². The molecule has 0 saturated heterocycles. The number of halogens is 4.